The average molecular weight is 299 g/mol. The number of nitro groups is 1. The van der Waals surface area contributed by atoms with Crippen molar-refractivity contribution in [1.29, 1.82) is 0 Å². The van der Waals surface area contributed by atoms with E-state index >= 15 is 0 Å². The first kappa shape index (κ1) is 14.3. The van der Waals surface area contributed by atoms with Crippen LogP contribution in [0.15, 0.2) is 24.5 Å². The number of hydrogen-bond acceptors (Lipinski definition) is 4. The van der Waals surface area contributed by atoms with Crippen LogP contribution in [-0.2, 0) is 6.54 Å². The SMILES string of the molecule is CCCn1cc(Nc2c([N+](=O)[O-])ccc(Cl)c2F)cn1. The van der Waals surface area contributed by atoms with Crippen LogP contribution < -0.4 is 5.32 Å². The third kappa shape index (κ3) is 2.88. The molecule has 106 valence electrons. The Kier molecular flexibility index (Phi) is 4.19. The van der Waals surface area contributed by atoms with Crippen molar-refractivity contribution in [3.05, 3.63) is 45.5 Å². The Morgan fingerprint density at radius 2 is 2.30 bits per heavy atom. The van der Waals surface area contributed by atoms with Crippen LogP contribution in [0.3, 0.4) is 0 Å². The van der Waals surface area contributed by atoms with Gasteiger partial charge in [0.1, 0.15) is 0 Å². The van der Waals surface area contributed by atoms with E-state index in [4.69, 9.17) is 11.6 Å². The molecule has 0 aliphatic rings. The zero-order valence-electron chi connectivity index (χ0n) is 10.6. The lowest BCUT2D eigenvalue weighted by Crippen LogP contribution is -2.00. The van der Waals surface area contributed by atoms with Gasteiger partial charge in [-0.25, -0.2) is 4.39 Å². The molecule has 0 saturated carbocycles. The fraction of sp³-hybridized carbons (Fsp3) is 0.250. The van der Waals surface area contributed by atoms with E-state index in [1.54, 1.807) is 10.9 Å². The molecule has 0 aliphatic heterocycles. The van der Waals surface area contributed by atoms with Crippen molar-refractivity contribution >= 4 is 28.7 Å². The molecule has 0 saturated heterocycles. The van der Waals surface area contributed by atoms with Crippen molar-refractivity contribution in [1.82, 2.24) is 9.78 Å². The van der Waals surface area contributed by atoms with Gasteiger partial charge in [-0.05, 0) is 12.5 Å². The molecular weight excluding hydrogens is 287 g/mol. The minimum absolute atomic E-state index is 0.181. The van der Waals surface area contributed by atoms with Crippen LogP contribution in [0, 0.1) is 15.9 Å². The maximum atomic E-state index is 13.9. The topological polar surface area (TPSA) is 73.0 Å². The summed E-state index contributed by atoms with van der Waals surface area (Å²) < 4.78 is 15.6. The average Bonchev–Trinajstić information content (AvgIpc) is 2.83. The van der Waals surface area contributed by atoms with Crippen molar-refractivity contribution in [3.63, 3.8) is 0 Å². The monoisotopic (exact) mass is 298 g/mol. The van der Waals surface area contributed by atoms with E-state index in [-0.39, 0.29) is 16.4 Å². The molecule has 6 nitrogen and oxygen atoms in total. The Morgan fingerprint density at radius 3 is 2.95 bits per heavy atom. The van der Waals surface area contributed by atoms with Crippen molar-refractivity contribution < 1.29 is 9.31 Å². The normalized spacial score (nSPS) is 10.6. The number of hydrogen-bond donors (Lipinski definition) is 1. The number of benzene rings is 1. The summed E-state index contributed by atoms with van der Waals surface area (Å²) in [5.41, 5.74) is -0.184. The van der Waals surface area contributed by atoms with Gasteiger partial charge in [0.2, 0.25) is 0 Å². The minimum atomic E-state index is -0.857. The molecule has 2 aromatic rings. The highest BCUT2D eigenvalue weighted by molar-refractivity contribution is 6.31. The summed E-state index contributed by atoms with van der Waals surface area (Å²) in [5.74, 6) is -0.857. The highest BCUT2D eigenvalue weighted by Gasteiger charge is 2.21. The van der Waals surface area contributed by atoms with Crippen LogP contribution >= 0.6 is 11.6 Å². The van der Waals surface area contributed by atoms with E-state index in [0.29, 0.717) is 12.2 Å². The number of rotatable bonds is 5. The predicted octanol–water partition coefficient (Wildman–Crippen LogP) is 3.74. The van der Waals surface area contributed by atoms with Crippen LogP contribution in [-0.4, -0.2) is 14.7 Å². The fourth-order valence-electron chi connectivity index (χ4n) is 1.74. The summed E-state index contributed by atoms with van der Waals surface area (Å²) in [5, 5.41) is 17.5. The van der Waals surface area contributed by atoms with Crippen molar-refractivity contribution in [2.75, 3.05) is 5.32 Å². The van der Waals surface area contributed by atoms with Crippen LogP contribution in [0.25, 0.3) is 0 Å². The van der Waals surface area contributed by atoms with Gasteiger partial charge in [-0.15, -0.1) is 0 Å². The summed E-state index contributed by atoms with van der Waals surface area (Å²) in [7, 11) is 0. The standard InChI is InChI=1S/C12H12ClFN4O2/c1-2-5-17-7-8(6-15-17)16-12-10(18(19)20)4-3-9(13)11(12)14/h3-4,6-7,16H,2,5H2,1H3. The van der Waals surface area contributed by atoms with Crippen molar-refractivity contribution in [2.24, 2.45) is 0 Å². The van der Waals surface area contributed by atoms with Gasteiger partial charge in [0, 0.05) is 18.8 Å². The zero-order valence-corrected chi connectivity index (χ0v) is 11.4. The fourth-order valence-corrected chi connectivity index (χ4v) is 1.89. The van der Waals surface area contributed by atoms with Crippen LogP contribution in [0.2, 0.25) is 5.02 Å². The smallest absolute Gasteiger partial charge is 0.295 e. The van der Waals surface area contributed by atoms with E-state index in [2.05, 4.69) is 10.4 Å². The molecule has 8 heteroatoms. The third-order valence-corrected chi connectivity index (χ3v) is 2.92. The first-order chi connectivity index (χ1) is 9.52. The van der Waals surface area contributed by atoms with E-state index in [1.807, 2.05) is 6.92 Å². The number of anilines is 2. The van der Waals surface area contributed by atoms with Gasteiger partial charge >= 0.3 is 0 Å². The van der Waals surface area contributed by atoms with Gasteiger partial charge in [0.15, 0.2) is 11.5 Å². The van der Waals surface area contributed by atoms with Crippen molar-refractivity contribution in [3.8, 4) is 0 Å². The maximum absolute atomic E-state index is 13.9. The summed E-state index contributed by atoms with van der Waals surface area (Å²) in [6.45, 7) is 2.71. The molecule has 0 unspecified atom stereocenters. The molecule has 0 aliphatic carbocycles. The van der Waals surface area contributed by atoms with Gasteiger partial charge in [-0.3, -0.25) is 14.8 Å². The van der Waals surface area contributed by atoms with Crippen molar-refractivity contribution in [2.45, 2.75) is 19.9 Å². The molecule has 0 amide bonds. The number of nitrogens with zero attached hydrogens (tertiary/aromatic N) is 3. The van der Waals surface area contributed by atoms with E-state index in [0.717, 1.165) is 18.6 Å². The number of nitro benzene ring substituents is 1. The van der Waals surface area contributed by atoms with Gasteiger partial charge in [0.25, 0.3) is 5.69 Å². The Balaban J connectivity index is 2.36. The lowest BCUT2D eigenvalue weighted by Gasteiger charge is -2.07. The third-order valence-electron chi connectivity index (χ3n) is 2.62. The molecule has 0 radical (unpaired) electrons. The largest absolute Gasteiger partial charge is 0.345 e. The summed E-state index contributed by atoms with van der Waals surface area (Å²) in [6.07, 6.45) is 4.01. The second kappa shape index (κ2) is 5.87. The number of nitrogens with one attached hydrogen (secondary N) is 1. The van der Waals surface area contributed by atoms with E-state index in [1.165, 1.54) is 6.20 Å². The first-order valence-corrected chi connectivity index (χ1v) is 6.32. The van der Waals surface area contributed by atoms with Crippen LogP contribution in [0.5, 0.6) is 0 Å². The molecule has 1 aromatic carbocycles. The Morgan fingerprint density at radius 1 is 1.55 bits per heavy atom. The quantitative estimate of drug-likeness (QED) is 0.674. The van der Waals surface area contributed by atoms with E-state index in [9.17, 15) is 14.5 Å². The number of aryl methyl sites for hydroxylation is 1. The van der Waals surface area contributed by atoms with Crippen LogP contribution in [0.1, 0.15) is 13.3 Å². The minimum Gasteiger partial charge on any atom is -0.345 e. The number of aromatic nitrogens is 2. The molecule has 0 bridgehead atoms. The van der Waals surface area contributed by atoms with E-state index < -0.39 is 10.7 Å². The first-order valence-electron chi connectivity index (χ1n) is 5.94. The van der Waals surface area contributed by atoms with Gasteiger partial charge in [-0.2, -0.15) is 5.10 Å². The summed E-state index contributed by atoms with van der Waals surface area (Å²) in [6, 6.07) is 2.31. The number of halogens is 2. The highest BCUT2D eigenvalue weighted by Crippen LogP contribution is 2.34. The molecule has 1 heterocycles. The Hall–Kier alpha value is -2.15. The van der Waals surface area contributed by atoms with Gasteiger partial charge in [-0.1, -0.05) is 18.5 Å². The Bertz CT molecular complexity index is 644. The molecule has 2 rings (SSSR count). The summed E-state index contributed by atoms with van der Waals surface area (Å²) in [4.78, 5) is 10.2. The second-order valence-electron chi connectivity index (χ2n) is 4.13. The molecule has 0 fully saturated rings. The molecular formula is C12H12ClFN4O2. The summed E-state index contributed by atoms with van der Waals surface area (Å²) >= 11 is 5.65. The highest BCUT2D eigenvalue weighted by atomic mass is 35.5. The molecule has 1 aromatic heterocycles. The maximum Gasteiger partial charge on any atom is 0.295 e. The lowest BCUT2D eigenvalue weighted by molar-refractivity contribution is -0.384. The van der Waals surface area contributed by atoms with Crippen LogP contribution in [0.4, 0.5) is 21.5 Å². The molecule has 0 atom stereocenters. The zero-order chi connectivity index (χ0) is 14.7. The lowest BCUT2D eigenvalue weighted by atomic mass is 10.2. The molecule has 0 spiro atoms. The molecule has 20 heavy (non-hydrogen) atoms. The predicted molar refractivity (Wildman–Crippen MR) is 73.9 cm³/mol. The second-order valence-corrected chi connectivity index (χ2v) is 4.54. The molecule has 1 N–H and O–H groups in total. The Labute approximate surface area is 119 Å². The van der Waals surface area contributed by atoms with Gasteiger partial charge < -0.3 is 5.32 Å². The van der Waals surface area contributed by atoms with Gasteiger partial charge in [0.05, 0.1) is 21.8 Å².